The Morgan fingerprint density at radius 3 is 2.70 bits per heavy atom. The summed E-state index contributed by atoms with van der Waals surface area (Å²) >= 11 is 7.08. The lowest BCUT2D eigenvalue weighted by molar-refractivity contribution is -0.119. The van der Waals surface area contributed by atoms with E-state index in [1.165, 1.54) is 18.8 Å². The summed E-state index contributed by atoms with van der Waals surface area (Å²) in [5.74, 6) is 1.46. The smallest absolute Gasteiger partial charge is 0.321 e. The van der Waals surface area contributed by atoms with Crippen molar-refractivity contribution in [3.05, 3.63) is 59.3 Å². The molecule has 1 aromatic carbocycles. The van der Waals surface area contributed by atoms with Gasteiger partial charge in [-0.1, -0.05) is 23.4 Å². The highest BCUT2D eigenvalue weighted by atomic mass is 35.5. The summed E-state index contributed by atoms with van der Waals surface area (Å²) in [6.07, 6.45) is 1.58. The second-order valence-electron chi connectivity index (χ2n) is 6.14. The first-order valence-electron chi connectivity index (χ1n) is 8.98. The number of ether oxygens (including phenoxy) is 1. The Labute approximate surface area is 182 Å². The van der Waals surface area contributed by atoms with E-state index in [1.54, 1.807) is 43.5 Å². The number of furan rings is 1. The minimum Gasteiger partial charge on any atom is -0.486 e. The van der Waals surface area contributed by atoms with Crippen molar-refractivity contribution in [3.63, 3.8) is 0 Å². The van der Waals surface area contributed by atoms with Gasteiger partial charge in [0, 0.05) is 12.1 Å². The molecular weight excluding hydrogens is 430 g/mol. The fourth-order valence-electron chi connectivity index (χ4n) is 2.40. The first-order chi connectivity index (χ1) is 14.5. The summed E-state index contributed by atoms with van der Waals surface area (Å²) in [4.78, 5) is 23.6. The predicted molar refractivity (Wildman–Crippen MR) is 112 cm³/mol. The maximum Gasteiger partial charge on any atom is 0.321 e. The molecule has 0 aliphatic carbocycles. The molecule has 2 heterocycles. The Morgan fingerprint density at radius 2 is 2.03 bits per heavy atom. The van der Waals surface area contributed by atoms with E-state index in [0.717, 1.165) is 0 Å². The van der Waals surface area contributed by atoms with Crippen molar-refractivity contribution in [2.24, 2.45) is 0 Å². The molecule has 0 unspecified atom stereocenters. The van der Waals surface area contributed by atoms with Gasteiger partial charge in [0.25, 0.3) is 0 Å². The molecule has 0 spiro atoms. The molecular formula is C19H20ClN5O4S. The van der Waals surface area contributed by atoms with Crippen LogP contribution in [0, 0.1) is 0 Å². The number of rotatable bonds is 8. The Bertz CT molecular complexity index is 991. The topological polar surface area (TPSA) is 111 Å². The average Bonchev–Trinajstić information content (AvgIpc) is 3.38. The SMILES string of the molecule is CNC(=O)NC(=O)[C@@H](C)Sc1nnc(COc2ccc(Cl)cc2)n1Cc1ccco1. The van der Waals surface area contributed by atoms with Crippen LogP contribution in [0.2, 0.25) is 5.02 Å². The maximum atomic E-state index is 12.2. The van der Waals surface area contributed by atoms with E-state index in [2.05, 4.69) is 20.8 Å². The Kier molecular flexibility index (Phi) is 7.36. The minimum atomic E-state index is -0.577. The van der Waals surface area contributed by atoms with Gasteiger partial charge in [0.15, 0.2) is 11.0 Å². The second kappa shape index (κ2) is 10.2. The highest BCUT2D eigenvalue weighted by Gasteiger charge is 2.22. The fourth-order valence-corrected chi connectivity index (χ4v) is 3.39. The zero-order valence-corrected chi connectivity index (χ0v) is 17.9. The number of carbonyl (C=O) groups excluding carboxylic acids is 2. The zero-order chi connectivity index (χ0) is 21.5. The number of nitrogens with one attached hydrogen (secondary N) is 2. The minimum absolute atomic E-state index is 0.161. The Morgan fingerprint density at radius 1 is 1.27 bits per heavy atom. The van der Waals surface area contributed by atoms with Gasteiger partial charge in [-0.15, -0.1) is 10.2 Å². The summed E-state index contributed by atoms with van der Waals surface area (Å²) in [6.45, 7) is 2.21. The van der Waals surface area contributed by atoms with Crippen LogP contribution in [-0.4, -0.2) is 39.0 Å². The van der Waals surface area contributed by atoms with Crippen molar-refractivity contribution in [2.45, 2.75) is 30.5 Å². The molecule has 0 radical (unpaired) electrons. The third kappa shape index (κ3) is 5.77. The molecule has 30 heavy (non-hydrogen) atoms. The van der Waals surface area contributed by atoms with E-state index in [1.807, 2.05) is 10.6 Å². The number of hydrogen-bond acceptors (Lipinski definition) is 7. The van der Waals surface area contributed by atoms with Crippen LogP contribution in [0.3, 0.4) is 0 Å². The molecule has 0 bridgehead atoms. The number of nitrogens with zero attached hydrogens (tertiary/aromatic N) is 3. The fraction of sp³-hybridized carbons (Fsp3) is 0.263. The molecule has 0 fully saturated rings. The largest absolute Gasteiger partial charge is 0.486 e. The van der Waals surface area contributed by atoms with Crippen molar-refractivity contribution < 1.29 is 18.7 Å². The molecule has 2 aromatic heterocycles. The molecule has 9 nitrogen and oxygen atoms in total. The van der Waals surface area contributed by atoms with Gasteiger partial charge in [0.05, 0.1) is 18.1 Å². The molecule has 3 aromatic rings. The zero-order valence-electron chi connectivity index (χ0n) is 16.3. The third-order valence-corrected chi connectivity index (χ3v) is 5.32. The van der Waals surface area contributed by atoms with E-state index in [-0.39, 0.29) is 6.61 Å². The molecule has 158 valence electrons. The molecule has 0 saturated heterocycles. The van der Waals surface area contributed by atoms with Gasteiger partial charge >= 0.3 is 6.03 Å². The molecule has 0 saturated carbocycles. The first kappa shape index (κ1) is 21.7. The van der Waals surface area contributed by atoms with Crippen LogP contribution in [0.1, 0.15) is 18.5 Å². The Hall–Kier alpha value is -2.98. The van der Waals surface area contributed by atoms with Crippen LogP contribution < -0.4 is 15.4 Å². The van der Waals surface area contributed by atoms with E-state index in [4.69, 9.17) is 20.8 Å². The van der Waals surface area contributed by atoms with Crippen molar-refractivity contribution >= 4 is 35.3 Å². The van der Waals surface area contributed by atoms with Gasteiger partial charge < -0.3 is 14.5 Å². The van der Waals surface area contributed by atoms with Crippen LogP contribution in [0.25, 0.3) is 0 Å². The molecule has 3 rings (SSSR count). The number of carbonyl (C=O) groups is 2. The second-order valence-corrected chi connectivity index (χ2v) is 7.88. The van der Waals surface area contributed by atoms with Gasteiger partial charge in [-0.3, -0.25) is 14.7 Å². The molecule has 0 aliphatic heterocycles. The number of benzene rings is 1. The summed E-state index contributed by atoms with van der Waals surface area (Å²) in [7, 11) is 1.44. The van der Waals surface area contributed by atoms with Crippen LogP contribution in [0.4, 0.5) is 4.79 Å². The van der Waals surface area contributed by atoms with Crippen molar-refractivity contribution in [1.82, 2.24) is 25.4 Å². The van der Waals surface area contributed by atoms with E-state index in [0.29, 0.717) is 34.1 Å². The van der Waals surface area contributed by atoms with Crippen molar-refractivity contribution in [1.29, 1.82) is 0 Å². The molecule has 3 amide bonds. The van der Waals surface area contributed by atoms with E-state index < -0.39 is 17.2 Å². The first-order valence-corrected chi connectivity index (χ1v) is 10.2. The van der Waals surface area contributed by atoms with Gasteiger partial charge in [0.2, 0.25) is 5.91 Å². The summed E-state index contributed by atoms with van der Waals surface area (Å²) < 4.78 is 13.0. The lowest BCUT2D eigenvalue weighted by atomic mass is 10.3. The summed E-state index contributed by atoms with van der Waals surface area (Å²) in [5, 5.41) is 13.5. The lowest BCUT2D eigenvalue weighted by Gasteiger charge is -2.13. The van der Waals surface area contributed by atoms with Crippen LogP contribution >= 0.6 is 23.4 Å². The van der Waals surface area contributed by atoms with Gasteiger partial charge in [-0.25, -0.2) is 4.79 Å². The molecule has 0 aliphatic rings. The normalized spacial score (nSPS) is 11.7. The highest BCUT2D eigenvalue weighted by Crippen LogP contribution is 2.24. The molecule has 11 heteroatoms. The van der Waals surface area contributed by atoms with Gasteiger partial charge in [0.1, 0.15) is 18.1 Å². The number of amides is 3. The number of urea groups is 1. The van der Waals surface area contributed by atoms with Crippen LogP contribution in [0.15, 0.2) is 52.2 Å². The third-order valence-electron chi connectivity index (χ3n) is 3.98. The monoisotopic (exact) mass is 449 g/mol. The van der Waals surface area contributed by atoms with Gasteiger partial charge in [-0.05, 0) is 43.3 Å². The van der Waals surface area contributed by atoms with Crippen molar-refractivity contribution in [2.75, 3.05) is 7.05 Å². The predicted octanol–water partition coefficient (Wildman–Crippen LogP) is 3.09. The Balaban J connectivity index is 1.76. The number of hydrogen-bond donors (Lipinski definition) is 2. The number of halogens is 1. The maximum absolute atomic E-state index is 12.2. The van der Waals surface area contributed by atoms with Crippen LogP contribution in [-0.2, 0) is 17.9 Å². The number of imide groups is 1. The lowest BCUT2D eigenvalue weighted by Crippen LogP contribution is -2.41. The number of thioether (sulfide) groups is 1. The highest BCUT2D eigenvalue weighted by molar-refractivity contribution is 8.00. The van der Waals surface area contributed by atoms with Gasteiger partial charge in [-0.2, -0.15) is 0 Å². The standard InChI is InChI=1S/C19H20ClN5O4S/c1-12(17(26)22-18(27)21-2)30-19-24-23-16(25(19)10-15-4-3-9-28-15)11-29-14-7-5-13(20)6-8-14/h3-9,12H,10-11H2,1-2H3,(H2,21,22,26,27)/t12-/m1/s1. The van der Waals surface area contributed by atoms with E-state index in [9.17, 15) is 9.59 Å². The number of aromatic nitrogens is 3. The van der Waals surface area contributed by atoms with Crippen LogP contribution in [0.5, 0.6) is 5.75 Å². The summed E-state index contributed by atoms with van der Waals surface area (Å²) in [5.41, 5.74) is 0. The average molecular weight is 450 g/mol. The van der Waals surface area contributed by atoms with Crippen molar-refractivity contribution in [3.8, 4) is 5.75 Å². The molecule has 1 atom stereocenters. The molecule has 2 N–H and O–H groups in total. The summed E-state index contributed by atoms with van der Waals surface area (Å²) in [6, 6.07) is 10.0. The quantitative estimate of drug-likeness (QED) is 0.508. The van der Waals surface area contributed by atoms with E-state index >= 15 is 0 Å².